The lowest BCUT2D eigenvalue weighted by Crippen LogP contribution is -2.39. The Balaban J connectivity index is 1.53. The number of nitro groups is 1. The van der Waals surface area contributed by atoms with Crippen molar-refractivity contribution in [1.29, 1.82) is 0 Å². The number of hydrogen-bond acceptors (Lipinski definition) is 8. The summed E-state index contributed by atoms with van der Waals surface area (Å²) in [4.78, 5) is 40.0. The van der Waals surface area contributed by atoms with Crippen molar-refractivity contribution in [2.75, 3.05) is 26.9 Å². The first-order valence-electron chi connectivity index (χ1n) is 14.3. The monoisotopic (exact) mass is 560 g/mol. The number of hydrogen-bond donors (Lipinski definition) is 0. The number of ether oxygens (including phenoxy) is 3. The van der Waals surface area contributed by atoms with E-state index in [0.29, 0.717) is 49.7 Å². The lowest BCUT2D eigenvalue weighted by molar-refractivity contribution is -0.384. The van der Waals surface area contributed by atoms with Gasteiger partial charge in [-0.15, -0.1) is 0 Å². The zero-order valence-corrected chi connectivity index (χ0v) is 23.6. The molecule has 2 aliphatic carbocycles. The second-order valence-electron chi connectivity index (χ2n) is 10.6. The Hall–Kier alpha value is -3.98. The molecule has 3 aliphatic rings. The fourth-order valence-corrected chi connectivity index (χ4v) is 6.20. The van der Waals surface area contributed by atoms with Crippen LogP contribution < -0.4 is 9.47 Å². The van der Waals surface area contributed by atoms with E-state index in [1.54, 1.807) is 19.2 Å². The fourth-order valence-electron chi connectivity index (χ4n) is 6.20. The number of carbonyl (C=O) groups excluding carboxylic acids is 2. The summed E-state index contributed by atoms with van der Waals surface area (Å²) in [5.74, 6) is 0.759. The summed E-state index contributed by atoms with van der Waals surface area (Å²) >= 11 is 0. The van der Waals surface area contributed by atoms with Crippen LogP contribution in [0.4, 0.5) is 5.69 Å². The Bertz CT molecular complexity index is 1370. The molecule has 0 bridgehead atoms. The van der Waals surface area contributed by atoms with Crippen LogP contribution in [0, 0.1) is 10.1 Å². The summed E-state index contributed by atoms with van der Waals surface area (Å²) in [5.41, 5.74) is 5.04. The van der Waals surface area contributed by atoms with Crippen molar-refractivity contribution in [2.24, 2.45) is 0 Å². The van der Waals surface area contributed by atoms with Crippen molar-refractivity contribution in [3.63, 3.8) is 0 Å². The summed E-state index contributed by atoms with van der Waals surface area (Å²) in [6.45, 7) is 3.74. The molecule has 0 unspecified atom stereocenters. The molecular formula is C32H36N2O7. The standard InChI is InChI=1S/C32H36N2O7/c1-3-40-29-19-22(14-15-28(29)41-20-21-8-4-9-23(18-21)34(37)38)30-31-24(10-5-12-26(31)35)33(16-7-17-39-2)25-11-6-13-27(36)32(25)30/h4,8-9,14-15,18-19,30H,3,5-7,10-13,16-17,20H2,1-2H3. The van der Waals surface area contributed by atoms with Crippen molar-refractivity contribution in [3.05, 3.63) is 86.2 Å². The maximum Gasteiger partial charge on any atom is 0.269 e. The number of rotatable bonds is 11. The van der Waals surface area contributed by atoms with Gasteiger partial charge in [-0.3, -0.25) is 19.7 Å². The van der Waals surface area contributed by atoms with Gasteiger partial charge in [0.2, 0.25) is 0 Å². The number of nitro benzene ring substituents is 1. The molecular weight excluding hydrogens is 524 g/mol. The van der Waals surface area contributed by atoms with Gasteiger partial charge in [0.15, 0.2) is 23.1 Å². The molecule has 0 spiro atoms. The molecule has 0 aromatic heterocycles. The number of ketones is 2. The van der Waals surface area contributed by atoms with Crippen LogP contribution in [-0.2, 0) is 20.9 Å². The van der Waals surface area contributed by atoms with Gasteiger partial charge in [0.05, 0.1) is 11.5 Å². The molecule has 2 aromatic rings. The number of benzene rings is 2. The topological polar surface area (TPSA) is 108 Å². The third kappa shape index (κ3) is 5.91. The van der Waals surface area contributed by atoms with Gasteiger partial charge in [0.1, 0.15) is 6.61 Å². The molecule has 0 N–H and O–H groups in total. The van der Waals surface area contributed by atoms with Crippen LogP contribution in [0.2, 0.25) is 0 Å². The molecule has 0 saturated carbocycles. The van der Waals surface area contributed by atoms with E-state index >= 15 is 0 Å². The number of Topliss-reactive ketones (excluding diaryl/α,β-unsaturated/α-hetero) is 2. The number of nitrogens with zero attached hydrogens (tertiary/aromatic N) is 2. The van der Waals surface area contributed by atoms with E-state index in [0.717, 1.165) is 60.2 Å². The van der Waals surface area contributed by atoms with E-state index < -0.39 is 10.8 Å². The average molecular weight is 561 g/mol. The van der Waals surface area contributed by atoms with Gasteiger partial charge in [0.25, 0.3) is 5.69 Å². The van der Waals surface area contributed by atoms with Crippen LogP contribution in [0.25, 0.3) is 0 Å². The van der Waals surface area contributed by atoms with Crippen LogP contribution in [0.3, 0.4) is 0 Å². The van der Waals surface area contributed by atoms with Crippen LogP contribution >= 0.6 is 0 Å². The SMILES string of the molecule is CCOc1cc(C2C3=C(CCCC3=O)N(CCCOC)C3=C2C(=O)CCC3)ccc1OCc1cccc([N+](=O)[O-])c1. The largest absolute Gasteiger partial charge is 0.490 e. The van der Waals surface area contributed by atoms with Gasteiger partial charge in [0, 0.05) is 73.7 Å². The van der Waals surface area contributed by atoms with Crippen molar-refractivity contribution >= 4 is 17.3 Å². The molecule has 1 heterocycles. The van der Waals surface area contributed by atoms with Crippen LogP contribution in [-0.4, -0.2) is 48.3 Å². The number of non-ortho nitro benzene ring substituents is 1. The van der Waals surface area contributed by atoms with Gasteiger partial charge < -0.3 is 19.1 Å². The second kappa shape index (κ2) is 12.7. The molecule has 9 nitrogen and oxygen atoms in total. The molecule has 0 radical (unpaired) electrons. The average Bonchev–Trinajstić information content (AvgIpc) is 2.97. The highest BCUT2D eigenvalue weighted by Crippen LogP contribution is 2.50. The molecule has 2 aromatic carbocycles. The second-order valence-corrected chi connectivity index (χ2v) is 10.6. The first kappa shape index (κ1) is 28.5. The Kier molecular flexibility index (Phi) is 8.83. The summed E-state index contributed by atoms with van der Waals surface area (Å²) in [7, 11) is 1.68. The number of allylic oxidation sites excluding steroid dienone is 4. The fraction of sp³-hybridized carbons (Fsp3) is 0.438. The Morgan fingerprint density at radius 3 is 2.27 bits per heavy atom. The van der Waals surface area contributed by atoms with Gasteiger partial charge in [-0.05, 0) is 62.3 Å². The highest BCUT2D eigenvalue weighted by Gasteiger charge is 2.43. The minimum atomic E-state index is -0.440. The minimum absolute atomic E-state index is 0.00231. The van der Waals surface area contributed by atoms with Gasteiger partial charge in [-0.1, -0.05) is 18.2 Å². The summed E-state index contributed by atoms with van der Waals surface area (Å²) in [6.07, 6.45) is 4.97. The van der Waals surface area contributed by atoms with Gasteiger partial charge in [-0.2, -0.15) is 0 Å². The lowest BCUT2D eigenvalue weighted by Gasteiger charge is -2.44. The third-order valence-electron chi connectivity index (χ3n) is 7.93. The van der Waals surface area contributed by atoms with Crippen molar-refractivity contribution < 1.29 is 28.7 Å². The molecule has 41 heavy (non-hydrogen) atoms. The van der Waals surface area contributed by atoms with E-state index in [9.17, 15) is 19.7 Å². The van der Waals surface area contributed by atoms with Crippen molar-refractivity contribution in [2.45, 2.75) is 64.4 Å². The zero-order valence-electron chi connectivity index (χ0n) is 23.6. The van der Waals surface area contributed by atoms with Crippen molar-refractivity contribution in [3.8, 4) is 11.5 Å². The van der Waals surface area contributed by atoms with E-state index in [2.05, 4.69) is 4.90 Å². The summed E-state index contributed by atoms with van der Waals surface area (Å²) in [6, 6.07) is 11.9. The highest BCUT2D eigenvalue weighted by molar-refractivity contribution is 6.06. The normalized spacial score (nSPS) is 17.5. The van der Waals surface area contributed by atoms with E-state index in [1.807, 2.05) is 25.1 Å². The van der Waals surface area contributed by atoms with Crippen LogP contribution in [0.1, 0.15) is 68.9 Å². The molecule has 0 saturated heterocycles. The third-order valence-corrected chi connectivity index (χ3v) is 7.93. The predicted octanol–water partition coefficient (Wildman–Crippen LogP) is 6.02. The molecule has 5 rings (SSSR count). The lowest BCUT2D eigenvalue weighted by atomic mass is 9.71. The first-order valence-corrected chi connectivity index (χ1v) is 14.3. The molecule has 0 amide bonds. The number of methoxy groups -OCH3 is 1. The molecule has 0 fully saturated rings. The first-order chi connectivity index (χ1) is 19.9. The zero-order chi connectivity index (χ0) is 28.9. The highest BCUT2D eigenvalue weighted by atomic mass is 16.6. The van der Waals surface area contributed by atoms with Gasteiger partial charge >= 0.3 is 0 Å². The smallest absolute Gasteiger partial charge is 0.269 e. The van der Waals surface area contributed by atoms with Crippen molar-refractivity contribution in [1.82, 2.24) is 4.90 Å². The van der Waals surface area contributed by atoms with E-state index in [1.165, 1.54) is 12.1 Å². The summed E-state index contributed by atoms with van der Waals surface area (Å²) in [5, 5.41) is 11.2. The van der Waals surface area contributed by atoms with Crippen LogP contribution in [0.5, 0.6) is 11.5 Å². The predicted molar refractivity (Wildman–Crippen MR) is 153 cm³/mol. The quantitative estimate of drug-likeness (QED) is 0.186. The molecule has 0 atom stereocenters. The number of carbonyl (C=O) groups is 2. The Morgan fingerprint density at radius 2 is 1.63 bits per heavy atom. The Morgan fingerprint density at radius 1 is 0.927 bits per heavy atom. The van der Waals surface area contributed by atoms with Gasteiger partial charge in [-0.25, -0.2) is 0 Å². The van der Waals surface area contributed by atoms with E-state index in [4.69, 9.17) is 14.2 Å². The molecule has 9 heteroatoms. The maximum absolute atomic E-state index is 13.5. The summed E-state index contributed by atoms with van der Waals surface area (Å²) < 4.78 is 17.3. The maximum atomic E-state index is 13.5. The molecule has 216 valence electrons. The van der Waals surface area contributed by atoms with E-state index in [-0.39, 0.29) is 23.9 Å². The minimum Gasteiger partial charge on any atom is -0.490 e. The Labute approximate surface area is 239 Å². The molecule has 1 aliphatic heterocycles. The van der Waals surface area contributed by atoms with Crippen LogP contribution in [0.15, 0.2) is 65.0 Å².